The van der Waals surface area contributed by atoms with Gasteiger partial charge >= 0.3 is 0 Å². The van der Waals surface area contributed by atoms with Gasteiger partial charge in [0.15, 0.2) is 21.2 Å². The molecule has 0 bridgehead atoms. The van der Waals surface area contributed by atoms with E-state index in [4.69, 9.17) is 0 Å². The van der Waals surface area contributed by atoms with Crippen molar-refractivity contribution in [2.24, 2.45) is 0 Å². The first kappa shape index (κ1) is 33.2. The molecule has 0 heterocycles. The second-order valence-corrected chi connectivity index (χ2v) is 12.8. The van der Waals surface area contributed by atoms with Crippen LogP contribution in [0, 0.1) is 3.57 Å². The maximum Gasteiger partial charge on any atom is 0.252 e. The van der Waals surface area contributed by atoms with Crippen molar-refractivity contribution in [3.05, 3.63) is 81.9 Å². The molecule has 222 valence electrons. The fourth-order valence-corrected chi connectivity index (χ4v) is 6.81. The van der Waals surface area contributed by atoms with E-state index in [9.17, 15) is 7.86 Å². The molecule has 3 rings (SSSR count). The molecule has 4 heteroatoms. The summed E-state index contributed by atoms with van der Waals surface area (Å²) in [4.78, 5) is 13.3. The smallest absolute Gasteiger partial charge is 0.252 e. The summed E-state index contributed by atoms with van der Waals surface area (Å²) in [5.74, 6) is -0.119. The summed E-state index contributed by atoms with van der Waals surface area (Å²) >= 11 is -1.53. The number of carbonyl (C=O) groups is 1. The quantitative estimate of drug-likeness (QED) is 0.0908. The number of halogens is 1. The highest BCUT2D eigenvalue weighted by Gasteiger charge is 2.19. The third-order valence-electron chi connectivity index (χ3n) is 7.90. The maximum absolute atomic E-state index is 13.3. The molecule has 0 radical (unpaired) electrons. The van der Waals surface area contributed by atoms with Gasteiger partial charge in [-0.3, -0.25) is 7.86 Å². The maximum atomic E-state index is 13.3. The molecule has 0 unspecified atom stereocenters. The van der Waals surface area contributed by atoms with Crippen LogP contribution in [0.3, 0.4) is 0 Å². The van der Waals surface area contributed by atoms with Crippen LogP contribution in [0.4, 0.5) is 0 Å². The van der Waals surface area contributed by atoms with E-state index in [0.29, 0.717) is 15.7 Å². The fourth-order valence-electron chi connectivity index (χ4n) is 5.47. The zero-order valence-electron chi connectivity index (χ0n) is 25.1. The van der Waals surface area contributed by atoms with Crippen LogP contribution in [0.1, 0.15) is 120 Å². The molecule has 3 aromatic carbocycles. The Morgan fingerprint density at radius 3 is 1.54 bits per heavy atom. The van der Waals surface area contributed by atoms with E-state index in [1.165, 1.54) is 89.9 Å². The molecule has 0 aromatic heterocycles. The third-order valence-corrected chi connectivity index (χ3v) is 9.50. The molecular formula is C37H50INO2. The highest BCUT2D eigenvalue weighted by molar-refractivity contribution is 14.1. The number of carbonyl (C=O) groups excluding carboxylic acids is 1. The predicted octanol–water partition coefficient (Wildman–Crippen LogP) is 11.5. The standard InChI is InChI=1S/C37H50INO2/c1-2-3-4-5-6-7-8-9-10-11-12-13-14-15-16-23-28-39-37(40)35-30-33(31-24-19-17-20-25-31)29-34(36(35)38-41)32-26-21-18-22-27-32/h17-22,24-27,29-30H,2-16,23,28H2,1H3,(H,39,40). The van der Waals surface area contributed by atoms with Crippen LogP contribution < -0.4 is 5.32 Å². The number of hydrogen-bond acceptors (Lipinski definition) is 2. The molecule has 0 aliphatic rings. The van der Waals surface area contributed by atoms with Crippen molar-refractivity contribution in [2.45, 2.75) is 110 Å². The van der Waals surface area contributed by atoms with Crippen molar-refractivity contribution in [1.82, 2.24) is 5.32 Å². The SMILES string of the molecule is CCCCCCCCCCCCCCCCCCNC(=O)c1cc(-c2ccccc2)cc(-c2ccccc2)c1I=O. The highest BCUT2D eigenvalue weighted by atomic mass is 127. The van der Waals surface area contributed by atoms with Crippen LogP contribution in [0.2, 0.25) is 0 Å². The molecule has 1 amide bonds. The van der Waals surface area contributed by atoms with Gasteiger partial charge in [0.2, 0.25) is 0 Å². The van der Waals surface area contributed by atoms with Crippen LogP contribution in [-0.2, 0) is 3.07 Å². The average molecular weight is 668 g/mol. The van der Waals surface area contributed by atoms with Gasteiger partial charge < -0.3 is 5.32 Å². The zero-order chi connectivity index (χ0) is 29.0. The summed E-state index contributed by atoms with van der Waals surface area (Å²) < 4.78 is 13.1. The van der Waals surface area contributed by atoms with E-state index in [1.807, 2.05) is 66.7 Å². The van der Waals surface area contributed by atoms with Crippen LogP contribution in [0.25, 0.3) is 22.3 Å². The topological polar surface area (TPSA) is 46.2 Å². The van der Waals surface area contributed by atoms with Gasteiger partial charge in [-0.2, -0.15) is 0 Å². The molecular weight excluding hydrogens is 617 g/mol. The second-order valence-electron chi connectivity index (χ2n) is 11.3. The van der Waals surface area contributed by atoms with E-state index in [1.54, 1.807) is 0 Å². The number of unbranched alkanes of at least 4 members (excludes halogenated alkanes) is 15. The Bertz CT molecular complexity index is 1150. The second kappa shape index (κ2) is 20.5. The lowest BCUT2D eigenvalue weighted by atomic mass is 9.96. The minimum atomic E-state index is -1.53. The molecule has 0 spiro atoms. The van der Waals surface area contributed by atoms with Crippen LogP contribution in [-0.4, -0.2) is 12.5 Å². The van der Waals surface area contributed by atoms with E-state index in [-0.39, 0.29) is 5.91 Å². The van der Waals surface area contributed by atoms with E-state index in [2.05, 4.69) is 18.3 Å². The van der Waals surface area contributed by atoms with Gasteiger partial charge in [-0.25, -0.2) is 0 Å². The van der Waals surface area contributed by atoms with Crippen molar-refractivity contribution < 1.29 is 7.86 Å². The van der Waals surface area contributed by atoms with Gasteiger partial charge in [0.25, 0.3) is 5.91 Å². The molecule has 0 atom stereocenters. The summed E-state index contributed by atoms with van der Waals surface area (Å²) in [6.07, 6.45) is 21.4. The monoisotopic (exact) mass is 667 g/mol. The van der Waals surface area contributed by atoms with Crippen molar-refractivity contribution in [1.29, 1.82) is 0 Å². The summed E-state index contributed by atoms with van der Waals surface area (Å²) in [5.41, 5.74) is 4.44. The van der Waals surface area contributed by atoms with Crippen molar-refractivity contribution >= 4 is 27.1 Å². The van der Waals surface area contributed by atoms with Gasteiger partial charge in [0.1, 0.15) is 0 Å². The number of amides is 1. The third kappa shape index (κ3) is 12.2. The van der Waals surface area contributed by atoms with Gasteiger partial charge in [-0.05, 0) is 40.8 Å². The number of hydrogen-bond donors (Lipinski definition) is 1. The van der Waals surface area contributed by atoms with Gasteiger partial charge in [-0.15, -0.1) is 0 Å². The van der Waals surface area contributed by atoms with Crippen LogP contribution >= 0.6 is 21.2 Å². The van der Waals surface area contributed by atoms with E-state index < -0.39 is 21.2 Å². The summed E-state index contributed by atoms with van der Waals surface area (Å²) in [7, 11) is 0. The number of nitrogens with one attached hydrogen (secondary N) is 1. The van der Waals surface area contributed by atoms with Gasteiger partial charge in [-0.1, -0.05) is 164 Å². The van der Waals surface area contributed by atoms with Crippen molar-refractivity contribution in [3.63, 3.8) is 0 Å². The molecule has 3 aromatic rings. The Morgan fingerprint density at radius 2 is 1.05 bits per heavy atom. The Labute approximate surface area is 259 Å². The normalized spacial score (nSPS) is 11.0. The minimum Gasteiger partial charge on any atom is -0.352 e. The molecule has 0 saturated carbocycles. The van der Waals surface area contributed by atoms with Gasteiger partial charge in [0, 0.05) is 6.54 Å². The fraction of sp³-hybridized carbons (Fsp3) is 0.486. The number of benzene rings is 3. The Balaban J connectivity index is 1.38. The number of rotatable bonds is 21. The Morgan fingerprint density at radius 1 is 0.585 bits per heavy atom. The van der Waals surface area contributed by atoms with Crippen LogP contribution in [0.15, 0.2) is 72.8 Å². The molecule has 0 fully saturated rings. The van der Waals surface area contributed by atoms with Crippen molar-refractivity contribution in [2.75, 3.05) is 6.54 Å². The minimum absolute atomic E-state index is 0.119. The first-order chi connectivity index (χ1) is 20.2. The lowest BCUT2D eigenvalue weighted by Gasteiger charge is -2.14. The summed E-state index contributed by atoms with van der Waals surface area (Å²) in [6.45, 7) is 2.94. The van der Waals surface area contributed by atoms with E-state index >= 15 is 0 Å². The molecule has 41 heavy (non-hydrogen) atoms. The first-order valence-electron chi connectivity index (χ1n) is 16.1. The van der Waals surface area contributed by atoms with E-state index in [0.717, 1.165) is 35.1 Å². The van der Waals surface area contributed by atoms with Crippen molar-refractivity contribution in [3.8, 4) is 22.3 Å². The lowest BCUT2D eigenvalue weighted by molar-refractivity contribution is 0.0952. The molecule has 1 N–H and O–H groups in total. The first-order valence-corrected chi connectivity index (χ1v) is 18.0. The molecule has 3 nitrogen and oxygen atoms in total. The molecule has 0 aliphatic heterocycles. The summed E-state index contributed by atoms with van der Waals surface area (Å²) in [5, 5.41) is 3.12. The van der Waals surface area contributed by atoms with Crippen LogP contribution in [0.5, 0.6) is 0 Å². The summed E-state index contributed by atoms with van der Waals surface area (Å²) in [6, 6.07) is 24.1. The largest absolute Gasteiger partial charge is 0.352 e. The Hall–Kier alpha value is -2.34. The van der Waals surface area contributed by atoms with Gasteiger partial charge in [0.05, 0.1) is 9.13 Å². The zero-order valence-corrected chi connectivity index (χ0v) is 27.3. The lowest BCUT2D eigenvalue weighted by Crippen LogP contribution is -2.25. The molecule has 0 aliphatic carbocycles. The highest BCUT2D eigenvalue weighted by Crippen LogP contribution is 2.35. The molecule has 0 saturated heterocycles. The average Bonchev–Trinajstić information content (AvgIpc) is 3.02. The predicted molar refractivity (Wildman–Crippen MR) is 183 cm³/mol. The Kier molecular flexibility index (Phi) is 16.6.